The van der Waals surface area contributed by atoms with Gasteiger partial charge in [-0.3, -0.25) is 10.1 Å². The molecule has 1 aliphatic rings. The standard InChI is InChI=1S/C13H14N4O3/c1-8-4-2-6-10(17(18)19)11(8)13-15-12(16-20-13)9-5-3-7-14-9/h2,4,6,9,14H,3,5,7H2,1H3. The molecule has 1 aliphatic heterocycles. The van der Waals surface area contributed by atoms with Crippen molar-refractivity contribution in [2.45, 2.75) is 25.8 Å². The second kappa shape index (κ2) is 5.01. The molecule has 0 spiro atoms. The molecule has 0 amide bonds. The highest BCUT2D eigenvalue weighted by Crippen LogP contribution is 2.32. The summed E-state index contributed by atoms with van der Waals surface area (Å²) in [7, 11) is 0. The fourth-order valence-corrected chi connectivity index (χ4v) is 2.47. The van der Waals surface area contributed by atoms with Gasteiger partial charge in [-0.15, -0.1) is 0 Å². The zero-order valence-electron chi connectivity index (χ0n) is 11.0. The monoisotopic (exact) mass is 274 g/mol. The maximum Gasteiger partial charge on any atom is 0.282 e. The number of aromatic nitrogens is 2. The van der Waals surface area contributed by atoms with Gasteiger partial charge < -0.3 is 9.84 Å². The van der Waals surface area contributed by atoms with Crippen LogP contribution in [0.25, 0.3) is 11.5 Å². The molecule has 2 aromatic rings. The lowest BCUT2D eigenvalue weighted by Gasteiger charge is -2.03. The van der Waals surface area contributed by atoms with Crippen molar-refractivity contribution in [3.8, 4) is 11.5 Å². The van der Waals surface area contributed by atoms with E-state index in [4.69, 9.17) is 4.52 Å². The first-order chi connectivity index (χ1) is 9.66. The molecule has 1 unspecified atom stereocenters. The molecule has 2 heterocycles. The van der Waals surface area contributed by atoms with Gasteiger partial charge in [0.15, 0.2) is 5.82 Å². The predicted molar refractivity (Wildman–Crippen MR) is 71.1 cm³/mol. The minimum atomic E-state index is -0.431. The van der Waals surface area contributed by atoms with Crippen molar-refractivity contribution in [1.82, 2.24) is 15.5 Å². The summed E-state index contributed by atoms with van der Waals surface area (Å²) in [6, 6.07) is 4.96. The summed E-state index contributed by atoms with van der Waals surface area (Å²) < 4.78 is 5.23. The number of benzene rings is 1. The Bertz CT molecular complexity index is 647. The van der Waals surface area contributed by atoms with E-state index in [-0.39, 0.29) is 17.6 Å². The van der Waals surface area contributed by atoms with Crippen molar-refractivity contribution in [2.24, 2.45) is 0 Å². The van der Waals surface area contributed by atoms with E-state index < -0.39 is 4.92 Å². The molecule has 1 N–H and O–H groups in total. The molecule has 1 fully saturated rings. The maximum absolute atomic E-state index is 11.1. The van der Waals surface area contributed by atoms with Crippen molar-refractivity contribution in [1.29, 1.82) is 0 Å². The highest BCUT2D eigenvalue weighted by atomic mass is 16.6. The Morgan fingerprint density at radius 3 is 3.05 bits per heavy atom. The number of hydrogen-bond acceptors (Lipinski definition) is 6. The first-order valence-electron chi connectivity index (χ1n) is 6.48. The van der Waals surface area contributed by atoms with Crippen molar-refractivity contribution in [3.63, 3.8) is 0 Å². The van der Waals surface area contributed by atoms with E-state index in [1.54, 1.807) is 19.1 Å². The Kier molecular flexibility index (Phi) is 3.19. The molecule has 104 valence electrons. The highest BCUT2D eigenvalue weighted by Gasteiger charge is 2.26. The van der Waals surface area contributed by atoms with Crippen molar-refractivity contribution in [2.75, 3.05) is 6.54 Å². The van der Waals surface area contributed by atoms with E-state index in [9.17, 15) is 10.1 Å². The van der Waals surface area contributed by atoms with Crippen LogP contribution in [0.5, 0.6) is 0 Å². The van der Waals surface area contributed by atoms with Gasteiger partial charge in [0.25, 0.3) is 11.6 Å². The van der Waals surface area contributed by atoms with Crippen LogP contribution in [-0.2, 0) is 0 Å². The van der Waals surface area contributed by atoms with Gasteiger partial charge in [0, 0.05) is 6.07 Å². The van der Waals surface area contributed by atoms with Gasteiger partial charge in [-0.05, 0) is 31.9 Å². The summed E-state index contributed by atoms with van der Waals surface area (Å²) in [4.78, 5) is 15.0. The average molecular weight is 274 g/mol. The normalized spacial score (nSPS) is 18.4. The summed E-state index contributed by atoms with van der Waals surface area (Å²) in [5, 5.41) is 18.3. The van der Waals surface area contributed by atoms with E-state index in [0.717, 1.165) is 24.9 Å². The first-order valence-corrected chi connectivity index (χ1v) is 6.48. The fraction of sp³-hybridized carbons (Fsp3) is 0.385. The van der Waals surface area contributed by atoms with Gasteiger partial charge >= 0.3 is 0 Å². The van der Waals surface area contributed by atoms with Crippen LogP contribution in [0.15, 0.2) is 22.7 Å². The highest BCUT2D eigenvalue weighted by molar-refractivity contribution is 5.70. The van der Waals surface area contributed by atoms with E-state index >= 15 is 0 Å². The van der Waals surface area contributed by atoms with E-state index in [1.807, 2.05) is 0 Å². The van der Waals surface area contributed by atoms with Gasteiger partial charge in [0.1, 0.15) is 5.56 Å². The Balaban J connectivity index is 2.03. The predicted octanol–water partition coefficient (Wildman–Crippen LogP) is 2.38. The van der Waals surface area contributed by atoms with Crippen molar-refractivity contribution >= 4 is 5.69 Å². The lowest BCUT2D eigenvalue weighted by atomic mass is 10.1. The Morgan fingerprint density at radius 2 is 2.35 bits per heavy atom. The smallest absolute Gasteiger partial charge is 0.282 e. The van der Waals surface area contributed by atoms with Crippen LogP contribution in [-0.4, -0.2) is 21.6 Å². The Hall–Kier alpha value is -2.28. The van der Waals surface area contributed by atoms with Crippen LogP contribution in [0.4, 0.5) is 5.69 Å². The number of nitro benzene ring substituents is 1. The molecule has 7 nitrogen and oxygen atoms in total. The lowest BCUT2D eigenvalue weighted by molar-refractivity contribution is -0.384. The number of nitrogens with zero attached hydrogens (tertiary/aromatic N) is 3. The number of rotatable bonds is 3. The largest absolute Gasteiger partial charge is 0.334 e. The van der Waals surface area contributed by atoms with Crippen LogP contribution in [0.2, 0.25) is 0 Å². The quantitative estimate of drug-likeness (QED) is 0.682. The van der Waals surface area contributed by atoms with Crippen LogP contribution in [0.1, 0.15) is 30.3 Å². The number of nitro groups is 1. The minimum Gasteiger partial charge on any atom is -0.334 e. The SMILES string of the molecule is Cc1cccc([N+](=O)[O-])c1-c1nc(C2CCCN2)no1. The molecule has 7 heteroatoms. The van der Waals surface area contributed by atoms with Gasteiger partial charge in [-0.25, -0.2) is 0 Å². The number of aryl methyl sites for hydroxylation is 1. The Labute approximate surface area is 115 Å². The molecule has 3 rings (SSSR count). The zero-order chi connectivity index (χ0) is 14.1. The molecule has 0 bridgehead atoms. The third kappa shape index (κ3) is 2.16. The lowest BCUT2D eigenvalue weighted by Crippen LogP contribution is -2.14. The third-order valence-electron chi connectivity index (χ3n) is 3.48. The van der Waals surface area contributed by atoms with E-state index in [0.29, 0.717) is 11.4 Å². The average Bonchev–Trinajstić information content (AvgIpc) is 3.09. The second-order valence-electron chi connectivity index (χ2n) is 4.83. The molecule has 0 radical (unpaired) electrons. The van der Waals surface area contributed by atoms with Crippen molar-refractivity contribution in [3.05, 3.63) is 39.7 Å². The summed E-state index contributed by atoms with van der Waals surface area (Å²) >= 11 is 0. The summed E-state index contributed by atoms with van der Waals surface area (Å²) in [5.74, 6) is 0.772. The van der Waals surface area contributed by atoms with Crippen LogP contribution in [0, 0.1) is 17.0 Å². The molecule has 1 aromatic heterocycles. The zero-order valence-corrected chi connectivity index (χ0v) is 11.0. The number of hydrogen-bond donors (Lipinski definition) is 1. The van der Waals surface area contributed by atoms with E-state index in [1.165, 1.54) is 6.07 Å². The van der Waals surface area contributed by atoms with Crippen LogP contribution >= 0.6 is 0 Å². The second-order valence-corrected chi connectivity index (χ2v) is 4.83. The fourth-order valence-electron chi connectivity index (χ4n) is 2.47. The van der Waals surface area contributed by atoms with Gasteiger partial charge in [0.2, 0.25) is 0 Å². The summed E-state index contributed by atoms with van der Waals surface area (Å²) in [5.41, 5.74) is 1.13. The maximum atomic E-state index is 11.1. The molecule has 1 saturated heterocycles. The van der Waals surface area contributed by atoms with Gasteiger partial charge in [0.05, 0.1) is 11.0 Å². The molecule has 1 aromatic carbocycles. The molecule has 0 saturated carbocycles. The van der Waals surface area contributed by atoms with Gasteiger partial charge in [-0.1, -0.05) is 17.3 Å². The van der Waals surface area contributed by atoms with Gasteiger partial charge in [-0.2, -0.15) is 4.98 Å². The van der Waals surface area contributed by atoms with Crippen LogP contribution in [0.3, 0.4) is 0 Å². The third-order valence-corrected chi connectivity index (χ3v) is 3.48. The molecule has 1 atom stereocenters. The summed E-state index contributed by atoms with van der Waals surface area (Å²) in [6.07, 6.45) is 2.02. The Morgan fingerprint density at radius 1 is 1.50 bits per heavy atom. The topological polar surface area (TPSA) is 94.1 Å². The molecular weight excluding hydrogens is 260 g/mol. The van der Waals surface area contributed by atoms with Crippen LogP contribution < -0.4 is 5.32 Å². The van der Waals surface area contributed by atoms with Crippen molar-refractivity contribution < 1.29 is 9.45 Å². The number of nitrogens with one attached hydrogen (secondary N) is 1. The molecular formula is C13H14N4O3. The molecule has 20 heavy (non-hydrogen) atoms. The minimum absolute atomic E-state index is 0.0143. The van der Waals surface area contributed by atoms with E-state index in [2.05, 4.69) is 15.5 Å². The first kappa shape index (κ1) is 12.7. The molecule has 0 aliphatic carbocycles. The summed E-state index contributed by atoms with van der Waals surface area (Å²) in [6.45, 7) is 2.72.